The number of carbonyl (C=O) groups excluding carboxylic acids is 1. The topological polar surface area (TPSA) is 36.4 Å². The van der Waals surface area contributed by atoms with E-state index in [1.165, 1.54) is 11.1 Å². The van der Waals surface area contributed by atoms with Crippen LogP contribution in [0.1, 0.15) is 22.6 Å². The lowest BCUT2D eigenvalue weighted by Crippen LogP contribution is -2.37. The van der Waals surface area contributed by atoms with Crippen molar-refractivity contribution in [3.05, 3.63) is 52.0 Å². The summed E-state index contributed by atoms with van der Waals surface area (Å²) in [5, 5.41) is 3.08. The molecule has 0 N–H and O–H groups in total. The van der Waals surface area contributed by atoms with Crippen molar-refractivity contribution in [3.63, 3.8) is 0 Å². The summed E-state index contributed by atoms with van der Waals surface area (Å²) in [4.78, 5) is 20.8. The van der Waals surface area contributed by atoms with Gasteiger partial charge in [0.05, 0.1) is 6.54 Å². The normalized spacial score (nSPS) is 14.2. The van der Waals surface area contributed by atoms with Gasteiger partial charge < -0.3 is 4.90 Å². The summed E-state index contributed by atoms with van der Waals surface area (Å²) in [7, 11) is 2.04. The fourth-order valence-electron chi connectivity index (χ4n) is 2.79. The van der Waals surface area contributed by atoms with E-state index in [2.05, 4.69) is 34.1 Å². The van der Waals surface area contributed by atoms with Crippen molar-refractivity contribution in [2.75, 3.05) is 20.1 Å². The largest absolute Gasteiger partial charge is 0.338 e. The van der Waals surface area contributed by atoms with Crippen LogP contribution in [-0.2, 0) is 24.3 Å². The van der Waals surface area contributed by atoms with Crippen LogP contribution in [0.4, 0.5) is 0 Å². The molecule has 1 aromatic heterocycles. The number of hydrogen-bond donors (Lipinski definition) is 0. The first-order valence-corrected chi connectivity index (χ1v) is 8.52. The maximum Gasteiger partial charge on any atom is 0.224 e. The summed E-state index contributed by atoms with van der Waals surface area (Å²) in [6.45, 7) is 3.18. The SMILES string of the molecule is CN(CCC(=O)N1CCc2ccccc2C1)Cc1nccs1. The van der Waals surface area contributed by atoms with Crippen molar-refractivity contribution >= 4 is 17.2 Å². The average Bonchev–Trinajstić information content (AvgIpc) is 3.05. The van der Waals surface area contributed by atoms with Crippen molar-refractivity contribution in [1.29, 1.82) is 0 Å². The van der Waals surface area contributed by atoms with E-state index in [4.69, 9.17) is 0 Å². The molecule has 0 atom stereocenters. The Hall–Kier alpha value is -1.72. The minimum absolute atomic E-state index is 0.250. The minimum Gasteiger partial charge on any atom is -0.338 e. The highest BCUT2D eigenvalue weighted by atomic mass is 32.1. The standard InChI is InChI=1S/C17H21N3OS/c1-19(13-16-18-8-11-22-16)9-7-17(21)20-10-6-14-4-2-3-5-15(14)12-20/h2-5,8,11H,6-7,9-10,12-13H2,1H3. The van der Waals surface area contributed by atoms with E-state index in [-0.39, 0.29) is 5.91 Å². The second-order valence-corrected chi connectivity index (χ2v) is 6.73. The van der Waals surface area contributed by atoms with E-state index in [1.54, 1.807) is 11.3 Å². The van der Waals surface area contributed by atoms with Gasteiger partial charge in [-0.3, -0.25) is 9.69 Å². The van der Waals surface area contributed by atoms with E-state index >= 15 is 0 Å². The van der Waals surface area contributed by atoms with Gasteiger partial charge in [0, 0.05) is 37.6 Å². The first-order chi connectivity index (χ1) is 10.7. The van der Waals surface area contributed by atoms with Crippen LogP contribution in [0.3, 0.4) is 0 Å². The number of fused-ring (bicyclic) bond motifs is 1. The molecular weight excluding hydrogens is 294 g/mol. The molecular formula is C17H21N3OS. The molecule has 0 radical (unpaired) electrons. The third-order valence-corrected chi connectivity index (χ3v) is 4.84. The third-order valence-electron chi connectivity index (χ3n) is 4.08. The highest BCUT2D eigenvalue weighted by molar-refractivity contribution is 7.09. The lowest BCUT2D eigenvalue weighted by molar-refractivity contribution is -0.132. The van der Waals surface area contributed by atoms with Crippen molar-refractivity contribution in [2.24, 2.45) is 0 Å². The quantitative estimate of drug-likeness (QED) is 0.851. The Morgan fingerprint density at radius 2 is 2.18 bits per heavy atom. The highest BCUT2D eigenvalue weighted by Crippen LogP contribution is 2.19. The van der Waals surface area contributed by atoms with Gasteiger partial charge in [0.25, 0.3) is 0 Å². The highest BCUT2D eigenvalue weighted by Gasteiger charge is 2.20. The molecule has 116 valence electrons. The Balaban J connectivity index is 1.48. The lowest BCUT2D eigenvalue weighted by atomic mass is 10.00. The number of aromatic nitrogens is 1. The maximum absolute atomic E-state index is 12.4. The number of nitrogens with zero attached hydrogens (tertiary/aromatic N) is 3. The van der Waals surface area contributed by atoms with Gasteiger partial charge in [-0.05, 0) is 24.6 Å². The fourth-order valence-corrected chi connectivity index (χ4v) is 3.49. The van der Waals surface area contributed by atoms with Crippen molar-refractivity contribution in [1.82, 2.24) is 14.8 Å². The molecule has 22 heavy (non-hydrogen) atoms. The number of carbonyl (C=O) groups is 1. The van der Waals surface area contributed by atoms with Gasteiger partial charge in [-0.25, -0.2) is 4.98 Å². The third kappa shape index (κ3) is 3.72. The van der Waals surface area contributed by atoms with Gasteiger partial charge in [0.1, 0.15) is 5.01 Å². The van der Waals surface area contributed by atoms with Gasteiger partial charge in [-0.2, -0.15) is 0 Å². The van der Waals surface area contributed by atoms with Crippen LogP contribution in [0, 0.1) is 0 Å². The predicted octanol–water partition coefficient (Wildman–Crippen LogP) is 2.55. The Labute approximate surface area is 135 Å². The summed E-state index contributed by atoms with van der Waals surface area (Å²) in [5.74, 6) is 0.250. The van der Waals surface area contributed by atoms with Crippen molar-refractivity contribution in [3.8, 4) is 0 Å². The first kappa shape index (κ1) is 15.2. The molecule has 1 aromatic carbocycles. The van der Waals surface area contributed by atoms with Crippen LogP contribution >= 0.6 is 11.3 Å². The molecule has 0 fully saturated rings. The zero-order valence-corrected chi connectivity index (χ0v) is 13.7. The van der Waals surface area contributed by atoms with Crippen LogP contribution in [-0.4, -0.2) is 40.8 Å². The molecule has 3 rings (SSSR count). The molecule has 4 nitrogen and oxygen atoms in total. The Bertz CT molecular complexity index is 627. The van der Waals surface area contributed by atoms with Gasteiger partial charge in [0.15, 0.2) is 0 Å². The fraction of sp³-hybridized carbons (Fsp3) is 0.412. The summed E-state index contributed by atoms with van der Waals surface area (Å²) >= 11 is 1.66. The van der Waals surface area contributed by atoms with Gasteiger partial charge in [0.2, 0.25) is 5.91 Å². The molecule has 0 saturated heterocycles. The second kappa shape index (κ2) is 7.03. The Morgan fingerprint density at radius 1 is 1.36 bits per heavy atom. The second-order valence-electron chi connectivity index (χ2n) is 5.75. The van der Waals surface area contributed by atoms with Gasteiger partial charge >= 0.3 is 0 Å². The van der Waals surface area contributed by atoms with Gasteiger partial charge in [-0.15, -0.1) is 11.3 Å². The smallest absolute Gasteiger partial charge is 0.224 e. The molecule has 0 bridgehead atoms. The van der Waals surface area contributed by atoms with Crippen molar-refractivity contribution in [2.45, 2.75) is 25.9 Å². The van der Waals surface area contributed by atoms with Crippen LogP contribution < -0.4 is 0 Å². The monoisotopic (exact) mass is 315 g/mol. The first-order valence-electron chi connectivity index (χ1n) is 7.64. The minimum atomic E-state index is 0.250. The number of rotatable bonds is 5. The lowest BCUT2D eigenvalue weighted by Gasteiger charge is -2.29. The van der Waals surface area contributed by atoms with E-state index in [0.29, 0.717) is 6.42 Å². The molecule has 5 heteroatoms. The summed E-state index contributed by atoms with van der Waals surface area (Å²) < 4.78 is 0. The maximum atomic E-state index is 12.4. The number of benzene rings is 1. The van der Waals surface area contributed by atoms with E-state index < -0.39 is 0 Å². The molecule has 0 aliphatic carbocycles. The van der Waals surface area contributed by atoms with Crippen molar-refractivity contribution < 1.29 is 4.79 Å². The van der Waals surface area contributed by atoms with Crippen LogP contribution in [0.5, 0.6) is 0 Å². The molecule has 1 aliphatic heterocycles. The van der Waals surface area contributed by atoms with Gasteiger partial charge in [-0.1, -0.05) is 24.3 Å². The molecule has 2 aromatic rings. The zero-order valence-electron chi connectivity index (χ0n) is 12.9. The van der Waals surface area contributed by atoms with Crippen LogP contribution in [0.2, 0.25) is 0 Å². The number of thiazole rings is 1. The number of hydrogen-bond acceptors (Lipinski definition) is 4. The Morgan fingerprint density at radius 3 is 2.95 bits per heavy atom. The summed E-state index contributed by atoms with van der Waals surface area (Å²) in [6.07, 6.45) is 3.37. The molecule has 0 spiro atoms. The molecule has 1 amide bonds. The summed E-state index contributed by atoms with van der Waals surface area (Å²) in [5.41, 5.74) is 2.67. The van der Waals surface area contributed by atoms with E-state index in [1.807, 2.05) is 23.5 Å². The zero-order chi connectivity index (χ0) is 15.4. The average molecular weight is 315 g/mol. The van der Waals surface area contributed by atoms with Crippen LogP contribution in [0.15, 0.2) is 35.8 Å². The van der Waals surface area contributed by atoms with E-state index in [0.717, 1.165) is 37.6 Å². The van der Waals surface area contributed by atoms with E-state index in [9.17, 15) is 4.79 Å². The summed E-state index contributed by atoms with van der Waals surface area (Å²) in [6, 6.07) is 8.42. The molecule has 1 aliphatic rings. The molecule has 0 saturated carbocycles. The molecule has 2 heterocycles. The number of amides is 1. The Kier molecular flexibility index (Phi) is 4.85. The van der Waals surface area contributed by atoms with Crippen LogP contribution in [0.25, 0.3) is 0 Å². The molecule has 0 unspecified atom stereocenters. The predicted molar refractivity (Wildman–Crippen MR) is 88.6 cm³/mol.